The second-order valence-electron chi connectivity index (χ2n) is 4.81. The molecular formula is C15H16O3. The molecule has 0 bridgehead atoms. The maximum absolute atomic E-state index is 11.4. The summed E-state index contributed by atoms with van der Waals surface area (Å²) in [6.45, 7) is 0.293. The molecule has 1 fully saturated rings. The summed E-state index contributed by atoms with van der Waals surface area (Å²) in [6, 6.07) is 9.89. The van der Waals surface area contributed by atoms with Gasteiger partial charge in [-0.3, -0.25) is 0 Å². The number of cyclic esters (lactones) is 2. The standard InChI is InChI=1S/C15H16O3/c16-14-17-11-15(18-14,12-7-3-1-4-8-12)13-9-5-2-6-10-13/h1,3-4,7-9H,2,5-6,10-11H2. The molecule has 3 rings (SSSR count). The van der Waals surface area contributed by atoms with Crippen LogP contribution in [-0.2, 0) is 15.1 Å². The molecule has 1 aliphatic carbocycles. The van der Waals surface area contributed by atoms with Gasteiger partial charge in [-0.2, -0.15) is 0 Å². The second kappa shape index (κ2) is 4.48. The predicted molar refractivity (Wildman–Crippen MR) is 67.1 cm³/mol. The largest absolute Gasteiger partial charge is 0.509 e. The van der Waals surface area contributed by atoms with Crippen molar-refractivity contribution in [3.05, 3.63) is 47.5 Å². The third-order valence-electron chi connectivity index (χ3n) is 3.70. The molecular weight excluding hydrogens is 228 g/mol. The number of hydrogen-bond donors (Lipinski definition) is 0. The lowest BCUT2D eigenvalue weighted by molar-refractivity contribution is 0.0777. The number of benzene rings is 1. The van der Waals surface area contributed by atoms with E-state index in [0.717, 1.165) is 24.8 Å². The van der Waals surface area contributed by atoms with Gasteiger partial charge >= 0.3 is 6.16 Å². The fraction of sp³-hybridized carbons (Fsp3) is 0.400. The van der Waals surface area contributed by atoms with Crippen molar-refractivity contribution in [3.63, 3.8) is 0 Å². The minimum absolute atomic E-state index is 0.293. The summed E-state index contributed by atoms with van der Waals surface area (Å²) in [7, 11) is 0. The SMILES string of the molecule is O=C1OCC(C2=CCCCC2)(c2ccccc2)O1. The molecule has 1 saturated heterocycles. The highest BCUT2D eigenvalue weighted by molar-refractivity contribution is 5.65. The number of carbonyl (C=O) groups excluding carboxylic acids is 1. The van der Waals surface area contributed by atoms with Crippen LogP contribution in [-0.4, -0.2) is 12.8 Å². The average molecular weight is 244 g/mol. The van der Waals surface area contributed by atoms with E-state index in [1.165, 1.54) is 12.0 Å². The zero-order valence-corrected chi connectivity index (χ0v) is 10.2. The number of carbonyl (C=O) groups is 1. The topological polar surface area (TPSA) is 35.5 Å². The van der Waals surface area contributed by atoms with Gasteiger partial charge in [0.1, 0.15) is 6.61 Å². The number of hydrogen-bond acceptors (Lipinski definition) is 3. The second-order valence-corrected chi connectivity index (χ2v) is 4.81. The highest BCUT2D eigenvalue weighted by atomic mass is 16.8. The molecule has 1 aliphatic heterocycles. The van der Waals surface area contributed by atoms with E-state index in [0.29, 0.717) is 6.61 Å². The van der Waals surface area contributed by atoms with Crippen molar-refractivity contribution in [2.75, 3.05) is 6.61 Å². The van der Waals surface area contributed by atoms with Crippen molar-refractivity contribution in [1.82, 2.24) is 0 Å². The molecule has 1 unspecified atom stereocenters. The molecule has 0 spiro atoms. The zero-order chi connectivity index (χ0) is 12.4. The van der Waals surface area contributed by atoms with Crippen LogP contribution in [0.2, 0.25) is 0 Å². The summed E-state index contributed by atoms with van der Waals surface area (Å²) in [5.74, 6) is 0. The molecule has 1 aromatic carbocycles. The van der Waals surface area contributed by atoms with Crippen LogP contribution in [0.1, 0.15) is 31.2 Å². The van der Waals surface area contributed by atoms with Crippen LogP contribution in [0.15, 0.2) is 42.0 Å². The number of allylic oxidation sites excluding steroid dienone is 1. The molecule has 0 radical (unpaired) electrons. The molecule has 1 aromatic rings. The van der Waals surface area contributed by atoms with Gasteiger partial charge in [0.25, 0.3) is 0 Å². The Morgan fingerprint density at radius 3 is 2.56 bits per heavy atom. The quantitative estimate of drug-likeness (QED) is 0.589. The Kier molecular flexibility index (Phi) is 2.82. The minimum atomic E-state index is -0.682. The molecule has 18 heavy (non-hydrogen) atoms. The summed E-state index contributed by atoms with van der Waals surface area (Å²) in [5.41, 5.74) is 1.51. The Balaban J connectivity index is 2.04. The Morgan fingerprint density at radius 2 is 1.94 bits per heavy atom. The third kappa shape index (κ3) is 1.80. The van der Waals surface area contributed by atoms with Gasteiger partial charge in [-0.15, -0.1) is 0 Å². The summed E-state index contributed by atoms with van der Waals surface area (Å²) in [4.78, 5) is 11.4. The zero-order valence-electron chi connectivity index (χ0n) is 10.2. The highest BCUT2D eigenvalue weighted by Crippen LogP contribution is 2.42. The van der Waals surface area contributed by atoms with E-state index in [4.69, 9.17) is 9.47 Å². The van der Waals surface area contributed by atoms with E-state index in [2.05, 4.69) is 6.08 Å². The maximum Gasteiger partial charge on any atom is 0.509 e. The highest BCUT2D eigenvalue weighted by Gasteiger charge is 2.47. The smallest absolute Gasteiger partial charge is 0.429 e. The molecule has 0 aromatic heterocycles. The fourth-order valence-electron chi connectivity index (χ4n) is 2.76. The van der Waals surface area contributed by atoms with E-state index in [1.54, 1.807) is 0 Å². The first-order valence-electron chi connectivity index (χ1n) is 6.42. The van der Waals surface area contributed by atoms with Crippen molar-refractivity contribution in [2.24, 2.45) is 0 Å². The lowest BCUT2D eigenvalue weighted by Crippen LogP contribution is -2.32. The Morgan fingerprint density at radius 1 is 1.11 bits per heavy atom. The molecule has 1 heterocycles. The van der Waals surface area contributed by atoms with Crippen molar-refractivity contribution in [1.29, 1.82) is 0 Å². The Bertz CT molecular complexity index is 478. The van der Waals surface area contributed by atoms with Gasteiger partial charge in [0.05, 0.1) is 0 Å². The van der Waals surface area contributed by atoms with E-state index in [1.807, 2.05) is 30.3 Å². The van der Waals surface area contributed by atoms with Crippen molar-refractivity contribution < 1.29 is 14.3 Å². The Hall–Kier alpha value is -1.77. The van der Waals surface area contributed by atoms with Gasteiger partial charge in [0.15, 0.2) is 5.60 Å². The monoisotopic (exact) mass is 244 g/mol. The molecule has 3 heteroatoms. The number of ether oxygens (including phenoxy) is 2. The molecule has 0 amide bonds. The van der Waals surface area contributed by atoms with E-state index in [-0.39, 0.29) is 0 Å². The maximum atomic E-state index is 11.4. The van der Waals surface area contributed by atoms with Gasteiger partial charge in [-0.25, -0.2) is 4.79 Å². The van der Waals surface area contributed by atoms with Gasteiger partial charge in [-0.05, 0) is 31.3 Å². The van der Waals surface area contributed by atoms with Crippen LogP contribution in [0.5, 0.6) is 0 Å². The van der Waals surface area contributed by atoms with Gasteiger partial charge in [-0.1, -0.05) is 36.4 Å². The van der Waals surface area contributed by atoms with Gasteiger partial charge < -0.3 is 9.47 Å². The molecule has 0 saturated carbocycles. The molecule has 0 N–H and O–H groups in total. The summed E-state index contributed by atoms with van der Waals surface area (Å²) in [5, 5.41) is 0. The van der Waals surface area contributed by atoms with E-state index in [9.17, 15) is 4.79 Å². The predicted octanol–water partition coefficient (Wildman–Crippen LogP) is 3.55. The average Bonchev–Trinajstić information content (AvgIpc) is 2.84. The van der Waals surface area contributed by atoms with Gasteiger partial charge in [0, 0.05) is 5.56 Å². The van der Waals surface area contributed by atoms with Crippen LogP contribution in [0.3, 0.4) is 0 Å². The van der Waals surface area contributed by atoms with Crippen LogP contribution in [0.4, 0.5) is 4.79 Å². The first-order chi connectivity index (χ1) is 8.81. The lowest BCUT2D eigenvalue weighted by Gasteiger charge is -2.30. The minimum Gasteiger partial charge on any atom is -0.429 e. The number of rotatable bonds is 2. The van der Waals surface area contributed by atoms with Crippen molar-refractivity contribution >= 4 is 6.16 Å². The first-order valence-corrected chi connectivity index (χ1v) is 6.42. The van der Waals surface area contributed by atoms with Crippen LogP contribution >= 0.6 is 0 Å². The van der Waals surface area contributed by atoms with Crippen LogP contribution < -0.4 is 0 Å². The Labute approximate surface area is 106 Å². The van der Waals surface area contributed by atoms with E-state index < -0.39 is 11.8 Å². The molecule has 94 valence electrons. The van der Waals surface area contributed by atoms with Gasteiger partial charge in [0.2, 0.25) is 0 Å². The van der Waals surface area contributed by atoms with Crippen molar-refractivity contribution in [3.8, 4) is 0 Å². The summed E-state index contributed by atoms with van der Waals surface area (Å²) >= 11 is 0. The summed E-state index contributed by atoms with van der Waals surface area (Å²) in [6.07, 6.45) is 6.04. The third-order valence-corrected chi connectivity index (χ3v) is 3.70. The summed E-state index contributed by atoms with van der Waals surface area (Å²) < 4.78 is 10.6. The van der Waals surface area contributed by atoms with Crippen molar-refractivity contribution in [2.45, 2.75) is 31.3 Å². The first kappa shape index (κ1) is 11.3. The molecule has 1 atom stereocenters. The normalized spacial score (nSPS) is 27.3. The lowest BCUT2D eigenvalue weighted by atomic mass is 9.81. The van der Waals surface area contributed by atoms with Crippen LogP contribution in [0.25, 0.3) is 0 Å². The van der Waals surface area contributed by atoms with Crippen LogP contribution in [0, 0.1) is 0 Å². The molecule has 3 nitrogen and oxygen atoms in total. The fourth-order valence-corrected chi connectivity index (χ4v) is 2.76. The van der Waals surface area contributed by atoms with E-state index >= 15 is 0 Å². The molecule has 2 aliphatic rings.